The van der Waals surface area contributed by atoms with E-state index in [1.165, 1.54) is 22.3 Å². The Morgan fingerprint density at radius 1 is 1.13 bits per heavy atom. The predicted octanol–water partition coefficient (Wildman–Crippen LogP) is 5.67. The molecule has 2 heterocycles. The van der Waals surface area contributed by atoms with Crippen LogP contribution in [0.4, 0.5) is 17.5 Å². The molecule has 5 heteroatoms. The summed E-state index contributed by atoms with van der Waals surface area (Å²) in [6.07, 6.45) is 1.84. The predicted molar refractivity (Wildman–Crippen MR) is 127 cm³/mol. The third-order valence-electron chi connectivity index (χ3n) is 6.19. The molecule has 0 saturated heterocycles. The molecule has 162 valence electrons. The van der Waals surface area contributed by atoms with Gasteiger partial charge in [0.25, 0.3) is 0 Å². The molecule has 5 nitrogen and oxygen atoms in total. The second-order valence-electron chi connectivity index (χ2n) is 8.34. The summed E-state index contributed by atoms with van der Waals surface area (Å²) in [4.78, 5) is 12.3. The maximum absolute atomic E-state index is 5.57. The highest BCUT2D eigenvalue weighted by molar-refractivity contribution is 5.62. The van der Waals surface area contributed by atoms with E-state index >= 15 is 0 Å². The van der Waals surface area contributed by atoms with Crippen LogP contribution in [0.3, 0.4) is 0 Å². The van der Waals surface area contributed by atoms with Gasteiger partial charge in [-0.2, -0.15) is 4.98 Å². The molecule has 0 spiro atoms. The van der Waals surface area contributed by atoms with E-state index in [1.54, 1.807) is 7.11 Å². The number of aromatic nitrogens is 2. The molecule has 0 amide bonds. The van der Waals surface area contributed by atoms with E-state index in [2.05, 4.69) is 80.4 Å². The van der Waals surface area contributed by atoms with Crippen LogP contribution in [0.1, 0.15) is 53.4 Å². The van der Waals surface area contributed by atoms with Crippen LogP contribution < -0.4 is 10.2 Å². The summed E-state index contributed by atoms with van der Waals surface area (Å²) in [7, 11) is 1.74. The van der Waals surface area contributed by atoms with Gasteiger partial charge in [-0.15, -0.1) is 0 Å². The van der Waals surface area contributed by atoms with Gasteiger partial charge in [0.05, 0.1) is 18.3 Å². The van der Waals surface area contributed by atoms with Crippen molar-refractivity contribution in [3.05, 3.63) is 76.0 Å². The van der Waals surface area contributed by atoms with Crippen LogP contribution in [0, 0.1) is 13.8 Å². The molecule has 1 aliphatic rings. The summed E-state index contributed by atoms with van der Waals surface area (Å²) >= 11 is 0. The van der Waals surface area contributed by atoms with Gasteiger partial charge >= 0.3 is 0 Å². The molecule has 1 unspecified atom stereocenters. The van der Waals surface area contributed by atoms with Gasteiger partial charge in [0.2, 0.25) is 5.95 Å². The van der Waals surface area contributed by atoms with Crippen LogP contribution in [0.25, 0.3) is 0 Å². The molecule has 0 saturated carbocycles. The largest absolute Gasteiger partial charge is 0.380 e. The van der Waals surface area contributed by atoms with Gasteiger partial charge in [0.1, 0.15) is 5.82 Å². The Labute approximate surface area is 185 Å². The Kier molecular flexibility index (Phi) is 6.23. The van der Waals surface area contributed by atoms with E-state index < -0.39 is 0 Å². The number of methoxy groups -OCH3 is 1. The van der Waals surface area contributed by atoms with Crippen molar-refractivity contribution in [2.45, 2.75) is 53.2 Å². The zero-order valence-electron chi connectivity index (χ0n) is 19.2. The molecule has 0 bridgehead atoms. The highest BCUT2D eigenvalue weighted by atomic mass is 16.5. The maximum atomic E-state index is 5.57. The van der Waals surface area contributed by atoms with Crippen molar-refractivity contribution in [2.24, 2.45) is 0 Å². The van der Waals surface area contributed by atoms with Gasteiger partial charge in [0.15, 0.2) is 0 Å². The molecule has 0 aliphatic carbocycles. The second-order valence-corrected chi connectivity index (χ2v) is 8.34. The standard InChI is InChI=1S/C26H32N4O/c1-6-23-22(16-31-5)25(30-14-13-20-9-7-8-10-21(20)19(30)4)29-26(27-23)28-24-12-11-17(2)15-18(24)3/h7-12,15,19H,6,13-14,16H2,1-5H3,(H,27,28,29). The first-order chi connectivity index (χ1) is 15.0. The molecule has 2 aromatic carbocycles. The van der Waals surface area contributed by atoms with Crippen molar-refractivity contribution in [3.63, 3.8) is 0 Å². The number of nitrogens with zero attached hydrogens (tertiary/aromatic N) is 3. The van der Waals surface area contributed by atoms with Gasteiger partial charge in [-0.1, -0.05) is 48.9 Å². The zero-order chi connectivity index (χ0) is 22.0. The number of fused-ring (bicyclic) bond motifs is 1. The summed E-state index contributed by atoms with van der Waals surface area (Å²) in [5.74, 6) is 1.62. The highest BCUT2D eigenvalue weighted by Crippen LogP contribution is 2.36. The van der Waals surface area contributed by atoms with E-state index in [-0.39, 0.29) is 6.04 Å². The van der Waals surface area contributed by atoms with Crippen LogP contribution in [0.5, 0.6) is 0 Å². The number of hydrogen-bond acceptors (Lipinski definition) is 5. The number of ether oxygens (including phenoxy) is 1. The first-order valence-corrected chi connectivity index (χ1v) is 11.1. The fraction of sp³-hybridized carbons (Fsp3) is 0.385. The Morgan fingerprint density at radius 2 is 1.94 bits per heavy atom. The SMILES string of the molecule is CCc1nc(Nc2ccc(C)cc2C)nc(N2CCc3ccccc3C2C)c1COC. The summed E-state index contributed by atoms with van der Waals surface area (Å²) in [6, 6.07) is 15.4. The average Bonchev–Trinajstić information content (AvgIpc) is 2.77. The molecular weight excluding hydrogens is 384 g/mol. The molecule has 1 aliphatic heterocycles. The lowest BCUT2D eigenvalue weighted by atomic mass is 9.93. The minimum Gasteiger partial charge on any atom is -0.380 e. The minimum absolute atomic E-state index is 0.245. The maximum Gasteiger partial charge on any atom is 0.229 e. The van der Waals surface area contributed by atoms with Crippen LogP contribution in [-0.4, -0.2) is 23.6 Å². The lowest BCUT2D eigenvalue weighted by molar-refractivity contribution is 0.183. The first-order valence-electron chi connectivity index (χ1n) is 11.1. The van der Waals surface area contributed by atoms with Crippen molar-refractivity contribution >= 4 is 17.5 Å². The number of benzene rings is 2. The number of hydrogen-bond donors (Lipinski definition) is 1. The third kappa shape index (κ3) is 4.28. The van der Waals surface area contributed by atoms with Crippen LogP contribution in [-0.2, 0) is 24.2 Å². The second kappa shape index (κ2) is 9.06. The Morgan fingerprint density at radius 3 is 2.68 bits per heavy atom. The lowest BCUT2D eigenvalue weighted by Gasteiger charge is -2.37. The molecule has 4 rings (SSSR count). The van der Waals surface area contributed by atoms with Gasteiger partial charge in [-0.05, 0) is 56.4 Å². The van der Waals surface area contributed by atoms with Crippen LogP contribution in [0.2, 0.25) is 0 Å². The quantitative estimate of drug-likeness (QED) is 0.561. The molecule has 1 N–H and O–H groups in total. The third-order valence-corrected chi connectivity index (χ3v) is 6.19. The van der Waals surface area contributed by atoms with Crippen LogP contribution in [0.15, 0.2) is 42.5 Å². The summed E-state index contributed by atoms with van der Waals surface area (Å²) in [5.41, 5.74) is 8.39. The molecule has 1 atom stereocenters. The molecular formula is C26H32N4O. The van der Waals surface area contributed by atoms with Crippen molar-refractivity contribution in [1.29, 1.82) is 0 Å². The number of aryl methyl sites for hydroxylation is 3. The average molecular weight is 417 g/mol. The topological polar surface area (TPSA) is 50.3 Å². The van der Waals surface area contributed by atoms with Crippen molar-refractivity contribution < 1.29 is 4.74 Å². The molecule has 31 heavy (non-hydrogen) atoms. The van der Waals surface area contributed by atoms with Crippen molar-refractivity contribution in [2.75, 3.05) is 23.9 Å². The Balaban J connectivity index is 1.77. The van der Waals surface area contributed by atoms with E-state index in [0.717, 1.165) is 42.1 Å². The minimum atomic E-state index is 0.245. The van der Waals surface area contributed by atoms with Crippen molar-refractivity contribution in [1.82, 2.24) is 9.97 Å². The highest BCUT2D eigenvalue weighted by Gasteiger charge is 2.28. The van der Waals surface area contributed by atoms with E-state index in [0.29, 0.717) is 12.6 Å². The summed E-state index contributed by atoms with van der Waals surface area (Å²) in [5, 5.41) is 3.47. The Hall–Kier alpha value is -2.92. The van der Waals surface area contributed by atoms with Crippen LogP contribution >= 0.6 is 0 Å². The van der Waals surface area contributed by atoms with Gasteiger partial charge in [-0.25, -0.2) is 4.98 Å². The summed E-state index contributed by atoms with van der Waals surface area (Å²) < 4.78 is 5.57. The van der Waals surface area contributed by atoms with E-state index in [9.17, 15) is 0 Å². The zero-order valence-corrected chi connectivity index (χ0v) is 19.2. The molecule has 1 aromatic heterocycles. The fourth-order valence-corrected chi connectivity index (χ4v) is 4.53. The smallest absolute Gasteiger partial charge is 0.229 e. The normalized spacial score (nSPS) is 15.6. The van der Waals surface area contributed by atoms with Gasteiger partial charge in [-0.3, -0.25) is 0 Å². The number of rotatable bonds is 6. The van der Waals surface area contributed by atoms with E-state index in [4.69, 9.17) is 14.7 Å². The van der Waals surface area contributed by atoms with Crippen molar-refractivity contribution in [3.8, 4) is 0 Å². The van der Waals surface area contributed by atoms with E-state index in [1.807, 2.05) is 0 Å². The number of nitrogens with one attached hydrogen (secondary N) is 1. The van der Waals surface area contributed by atoms with Gasteiger partial charge in [0, 0.05) is 24.9 Å². The Bertz CT molecular complexity index is 1080. The molecule has 0 radical (unpaired) electrons. The molecule has 0 fully saturated rings. The first kappa shape index (κ1) is 21.3. The molecule has 3 aromatic rings. The fourth-order valence-electron chi connectivity index (χ4n) is 4.53. The summed E-state index contributed by atoms with van der Waals surface area (Å²) in [6.45, 7) is 10.1. The number of anilines is 3. The monoisotopic (exact) mass is 416 g/mol. The van der Waals surface area contributed by atoms with Gasteiger partial charge < -0.3 is 15.0 Å². The lowest BCUT2D eigenvalue weighted by Crippen LogP contribution is -2.35.